The van der Waals surface area contributed by atoms with Crippen molar-refractivity contribution in [1.82, 2.24) is 5.32 Å². The van der Waals surface area contributed by atoms with Gasteiger partial charge in [-0.1, -0.05) is 0 Å². The van der Waals surface area contributed by atoms with E-state index in [9.17, 15) is 20.4 Å². The topological polar surface area (TPSA) is 93.0 Å². The second-order valence-corrected chi connectivity index (χ2v) is 3.80. The van der Waals surface area contributed by atoms with Crippen LogP contribution in [0.1, 0.15) is 0 Å². The van der Waals surface area contributed by atoms with Crippen molar-refractivity contribution in [3.8, 4) is 0 Å². The molecule has 0 saturated carbocycles. The van der Waals surface area contributed by atoms with E-state index in [4.69, 9.17) is 0 Å². The molecule has 0 radical (unpaired) electrons. The van der Waals surface area contributed by atoms with Crippen molar-refractivity contribution in [3.05, 3.63) is 0 Å². The van der Waals surface area contributed by atoms with Crippen LogP contribution < -0.4 is 5.32 Å². The van der Waals surface area contributed by atoms with Crippen LogP contribution in [0.15, 0.2) is 0 Å². The highest BCUT2D eigenvalue weighted by molar-refractivity contribution is 5.04. The third kappa shape index (κ3) is 1.37. The van der Waals surface area contributed by atoms with Crippen molar-refractivity contribution in [3.63, 3.8) is 0 Å². The van der Waals surface area contributed by atoms with Crippen LogP contribution in [0.25, 0.3) is 0 Å². The summed E-state index contributed by atoms with van der Waals surface area (Å²) in [5.74, 6) is 0. The molecule has 0 aromatic heterocycles. The van der Waals surface area contributed by atoms with E-state index >= 15 is 0 Å². The summed E-state index contributed by atoms with van der Waals surface area (Å²) in [5, 5.41) is 39.7. The maximum absolute atomic E-state index is 9.19. The molecule has 0 aliphatic carbocycles. The summed E-state index contributed by atoms with van der Waals surface area (Å²) < 4.78 is 0. The molecule has 1 rings (SSSR count). The van der Waals surface area contributed by atoms with Crippen LogP contribution in [0.4, 0.5) is 0 Å². The Balaban J connectivity index is 2.92. The first-order chi connectivity index (χ1) is 6.20. The minimum absolute atomic E-state index is 0.238. The molecular formula is C8H17NO4. The monoisotopic (exact) mass is 191 g/mol. The maximum Gasteiger partial charge on any atom is 0.0529 e. The minimum Gasteiger partial charge on any atom is -0.396 e. The zero-order chi connectivity index (χ0) is 9.95. The van der Waals surface area contributed by atoms with Gasteiger partial charge in [-0.15, -0.1) is 0 Å². The molecule has 0 spiro atoms. The lowest BCUT2D eigenvalue weighted by Crippen LogP contribution is -2.51. The average molecular weight is 191 g/mol. The van der Waals surface area contributed by atoms with Gasteiger partial charge in [-0.05, 0) is 0 Å². The number of hydrogen-bond donors (Lipinski definition) is 5. The van der Waals surface area contributed by atoms with E-state index in [2.05, 4.69) is 5.32 Å². The van der Waals surface area contributed by atoms with Crippen LogP contribution in [-0.2, 0) is 0 Å². The maximum atomic E-state index is 9.19. The predicted octanol–water partition coefficient (Wildman–Crippen LogP) is -2.47. The first-order valence-electron chi connectivity index (χ1n) is 4.34. The SMILES string of the molecule is OCC1(CO)CNCC1(CO)CO. The van der Waals surface area contributed by atoms with Gasteiger partial charge in [-0.25, -0.2) is 0 Å². The van der Waals surface area contributed by atoms with E-state index in [1.54, 1.807) is 0 Å². The van der Waals surface area contributed by atoms with Crippen LogP contribution in [0.2, 0.25) is 0 Å². The van der Waals surface area contributed by atoms with E-state index < -0.39 is 10.8 Å². The summed E-state index contributed by atoms with van der Waals surface area (Å²) in [6.07, 6.45) is 0. The lowest BCUT2D eigenvalue weighted by molar-refractivity contribution is -0.0783. The molecule has 1 fully saturated rings. The molecule has 5 nitrogen and oxygen atoms in total. The molecule has 1 heterocycles. The summed E-state index contributed by atoms with van der Waals surface area (Å²) >= 11 is 0. The molecule has 0 amide bonds. The smallest absolute Gasteiger partial charge is 0.0529 e. The Hall–Kier alpha value is -0.200. The van der Waals surface area contributed by atoms with Gasteiger partial charge in [0.15, 0.2) is 0 Å². The van der Waals surface area contributed by atoms with Crippen molar-refractivity contribution in [1.29, 1.82) is 0 Å². The van der Waals surface area contributed by atoms with Crippen molar-refractivity contribution in [2.75, 3.05) is 39.5 Å². The third-order valence-electron chi connectivity index (χ3n) is 3.26. The van der Waals surface area contributed by atoms with Gasteiger partial charge in [-0.2, -0.15) is 0 Å². The first-order valence-corrected chi connectivity index (χ1v) is 4.34. The van der Waals surface area contributed by atoms with E-state index in [1.807, 2.05) is 0 Å². The fourth-order valence-corrected chi connectivity index (χ4v) is 1.91. The molecule has 0 aromatic carbocycles. The van der Waals surface area contributed by atoms with Crippen molar-refractivity contribution in [2.24, 2.45) is 10.8 Å². The molecule has 0 aromatic rings. The number of nitrogens with one attached hydrogen (secondary N) is 1. The number of aliphatic hydroxyl groups excluding tert-OH is 4. The summed E-state index contributed by atoms with van der Waals surface area (Å²) in [5.41, 5.74) is -1.62. The van der Waals surface area contributed by atoms with Gasteiger partial charge >= 0.3 is 0 Å². The van der Waals surface area contributed by atoms with E-state index in [1.165, 1.54) is 0 Å². The third-order valence-corrected chi connectivity index (χ3v) is 3.26. The fraction of sp³-hybridized carbons (Fsp3) is 1.00. The molecule has 1 aliphatic rings. The molecule has 5 N–H and O–H groups in total. The Morgan fingerprint density at radius 3 is 1.31 bits per heavy atom. The molecular weight excluding hydrogens is 174 g/mol. The average Bonchev–Trinajstić information content (AvgIpc) is 2.57. The van der Waals surface area contributed by atoms with Crippen molar-refractivity contribution in [2.45, 2.75) is 0 Å². The van der Waals surface area contributed by atoms with Gasteiger partial charge < -0.3 is 25.7 Å². The molecule has 1 saturated heterocycles. The highest BCUT2D eigenvalue weighted by Crippen LogP contribution is 2.41. The van der Waals surface area contributed by atoms with Gasteiger partial charge in [0.1, 0.15) is 0 Å². The highest BCUT2D eigenvalue weighted by atomic mass is 16.3. The number of aliphatic hydroxyl groups is 4. The first kappa shape index (κ1) is 10.9. The summed E-state index contributed by atoms with van der Waals surface area (Å²) in [7, 11) is 0. The van der Waals surface area contributed by atoms with E-state index in [-0.39, 0.29) is 26.4 Å². The Bertz CT molecular complexity index is 148. The lowest BCUT2D eigenvalue weighted by Gasteiger charge is -2.40. The van der Waals surface area contributed by atoms with Gasteiger partial charge in [-0.3, -0.25) is 0 Å². The molecule has 0 bridgehead atoms. The fourth-order valence-electron chi connectivity index (χ4n) is 1.91. The highest BCUT2D eigenvalue weighted by Gasteiger charge is 2.53. The molecule has 1 aliphatic heterocycles. The Kier molecular flexibility index (Phi) is 3.26. The molecule has 0 unspecified atom stereocenters. The normalized spacial score (nSPS) is 24.9. The largest absolute Gasteiger partial charge is 0.396 e. The summed E-state index contributed by atoms with van der Waals surface area (Å²) in [6.45, 7) is -0.118. The minimum atomic E-state index is -0.809. The Labute approximate surface area is 77.0 Å². The van der Waals surface area contributed by atoms with Crippen LogP contribution in [0.5, 0.6) is 0 Å². The second kappa shape index (κ2) is 3.89. The quantitative estimate of drug-likeness (QED) is 0.339. The van der Waals surface area contributed by atoms with Crippen molar-refractivity contribution < 1.29 is 20.4 Å². The van der Waals surface area contributed by atoms with E-state index in [0.29, 0.717) is 13.1 Å². The van der Waals surface area contributed by atoms with Crippen LogP contribution in [-0.4, -0.2) is 59.9 Å². The zero-order valence-corrected chi connectivity index (χ0v) is 7.53. The molecule has 5 heteroatoms. The van der Waals surface area contributed by atoms with Gasteiger partial charge in [0.2, 0.25) is 0 Å². The van der Waals surface area contributed by atoms with Gasteiger partial charge in [0, 0.05) is 23.9 Å². The van der Waals surface area contributed by atoms with E-state index in [0.717, 1.165) is 0 Å². The molecule has 78 valence electrons. The number of hydrogen-bond acceptors (Lipinski definition) is 5. The number of rotatable bonds is 4. The predicted molar refractivity (Wildman–Crippen MR) is 46.1 cm³/mol. The summed E-state index contributed by atoms with van der Waals surface area (Å²) in [6, 6.07) is 0. The van der Waals surface area contributed by atoms with Crippen LogP contribution in [0.3, 0.4) is 0 Å². The van der Waals surface area contributed by atoms with Crippen LogP contribution in [0, 0.1) is 10.8 Å². The molecule has 13 heavy (non-hydrogen) atoms. The standard InChI is InChI=1S/C8H17NO4/c10-3-7(4-11)1-9-2-8(7,5-12)6-13/h9-13H,1-6H2. The Morgan fingerprint density at radius 1 is 0.769 bits per heavy atom. The zero-order valence-electron chi connectivity index (χ0n) is 7.53. The van der Waals surface area contributed by atoms with Crippen molar-refractivity contribution >= 4 is 0 Å². The van der Waals surface area contributed by atoms with Gasteiger partial charge in [0.25, 0.3) is 0 Å². The van der Waals surface area contributed by atoms with Crippen LogP contribution >= 0.6 is 0 Å². The summed E-state index contributed by atoms with van der Waals surface area (Å²) in [4.78, 5) is 0. The Morgan fingerprint density at radius 2 is 1.08 bits per heavy atom. The second-order valence-electron chi connectivity index (χ2n) is 3.80. The molecule has 0 atom stereocenters. The lowest BCUT2D eigenvalue weighted by atomic mass is 9.67. The van der Waals surface area contributed by atoms with Gasteiger partial charge in [0.05, 0.1) is 26.4 Å².